The van der Waals surface area contributed by atoms with Crippen molar-refractivity contribution in [2.45, 2.75) is 32.4 Å². The Labute approximate surface area is 128 Å². The van der Waals surface area contributed by atoms with E-state index in [0.717, 1.165) is 47.7 Å². The second kappa shape index (κ2) is 7.86. The van der Waals surface area contributed by atoms with Crippen molar-refractivity contribution in [3.8, 4) is 11.5 Å². The largest absolute Gasteiger partial charge is 0.493 e. The first-order chi connectivity index (χ1) is 9.74. The van der Waals surface area contributed by atoms with E-state index in [1.54, 1.807) is 7.11 Å². The Morgan fingerprint density at radius 3 is 2.95 bits per heavy atom. The molecule has 5 heteroatoms. The fraction of sp³-hybridized carbons (Fsp3) is 0.600. The van der Waals surface area contributed by atoms with Crippen molar-refractivity contribution >= 4 is 15.9 Å². The average molecular weight is 344 g/mol. The molecule has 112 valence electrons. The van der Waals surface area contributed by atoms with Gasteiger partial charge in [0.2, 0.25) is 0 Å². The smallest absolute Gasteiger partial charge is 0.165 e. The quantitative estimate of drug-likeness (QED) is 0.825. The van der Waals surface area contributed by atoms with Crippen LogP contribution in [0.3, 0.4) is 0 Å². The highest BCUT2D eigenvalue weighted by molar-refractivity contribution is 9.10. The minimum Gasteiger partial charge on any atom is -0.493 e. The summed E-state index contributed by atoms with van der Waals surface area (Å²) < 4.78 is 17.7. The Balaban J connectivity index is 2.02. The highest BCUT2D eigenvalue weighted by atomic mass is 79.9. The first kappa shape index (κ1) is 15.6. The molecule has 0 saturated carbocycles. The van der Waals surface area contributed by atoms with Crippen LogP contribution >= 0.6 is 15.9 Å². The number of hydrogen-bond donors (Lipinski definition) is 1. The lowest BCUT2D eigenvalue weighted by Gasteiger charge is -2.16. The third kappa shape index (κ3) is 4.11. The summed E-state index contributed by atoms with van der Waals surface area (Å²) in [5, 5.41) is 3.44. The van der Waals surface area contributed by atoms with Crippen LogP contribution in [-0.2, 0) is 11.3 Å². The van der Waals surface area contributed by atoms with Gasteiger partial charge in [0, 0.05) is 29.7 Å². The fourth-order valence-electron chi connectivity index (χ4n) is 2.39. The number of methoxy groups -OCH3 is 1. The Hall–Kier alpha value is -0.780. The minimum atomic E-state index is 0.347. The molecule has 4 nitrogen and oxygen atoms in total. The maximum Gasteiger partial charge on any atom is 0.165 e. The highest BCUT2D eigenvalue weighted by Crippen LogP contribution is 2.34. The molecule has 0 aromatic heterocycles. The summed E-state index contributed by atoms with van der Waals surface area (Å²) in [6.45, 7) is 5.11. The molecule has 20 heavy (non-hydrogen) atoms. The van der Waals surface area contributed by atoms with Crippen LogP contribution in [0.15, 0.2) is 16.6 Å². The molecule has 0 unspecified atom stereocenters. The van der Waals surface area contributed by atoms with Crippen molar-refractivity contribution < 1.29 is 14.2 Å². The van der Waals surface area contributed by atoms with Gasteiger partial charge in [-0.05, 0) is 31.9 Å². The molecule has 1 fully saturated rings. The summed E-state index contributed by atoms with van der Waals surface area (Å²) in [6, 6.07) is 3.99. The fourth-order valence-corrected chi connectivity index (χ4v) is 2.87. The van der Waals surface area contributed by atoms with E-state index < -0.39 is 0 Å². The van der Waals surface area contributed by atoms with Crippen LogP contribution in [0.1, 0.15) is 25.3 Å². The van der Waals surface area contributed by atoms with E-state index in [1.165, 1.54) is 6.42 Å². The van der Waals surface area contributed by atoms with Gasteiger partial charge in [-0.15, -0.1) is 0 Å². The lowest BCUT2D eigenvalue weighted by atomic mass is 10.1. The zero-order valence-electron chi connectivity index (χ0n) is 12.1. The van der Waals surface area contributed by atoms with Crippen LogP contribution in [0.25, 0.3) is 0 Å². The van der Waals surface area contributed by atoms with Gasteiger partial charge in [0.25, 0.3) is 0 Å². The summed E-state index contributed by atoms with van der Waals surface area (Å²) in [5.74, 6) is 1.58. The van der Waals surface area contributed by atoms with Gasteiger partial charge in [-0.3, -0.25) is 0 Å². The molecule has 1 heterocycles. The predicted molar refractivity (Wildman–Crippen MR) is 82.5 cm³/mol. The number of nitrogens with one attached hydrogen (secondary N) is 1. The molecule has 2 rings (SSSR count). The Morgan fingerprint density at radius 2 is 2.30 bits per heavy atom. The standard InChI is InChI=1S/C15H22BrNO3/c1-3-19-15-11(7-12(16)8-14(15)18-2)9-17-10-13-5-4-6-20-13/h7-8,13,17H,3-6,9-10H2,1-2H3/t13-/m1/s1. The normalized spacial score (nSPS) is 18.2. The molecule has 1 aromatic rings. The van der Waals surface area contributed by atoms with Crippen molar-refractivity contribution in [2.24, 2.45) is 0 Å². The van der Waals surface area contributed by atoms with E-state index in [4.69, 9.17) is 14.2 Å². The summed E-state index contributed by atoms with van der Waals surface area (Å²) in [7, 11) is 1.66. The lowest BCUT2D eigenvalue weighted by molar-refractivity contribution is 0.110. The number of ether oxygens (including phenoxy) is 3. The Bertz CT molecular complexity index is 433. The third-order valence-electron chi connectivity index (χ3n) is 3.32. The number of benzene rings is 1. The van der Waals surface area contributed by atoms with Gasteiger partial charge in [-0.1, -0.05) is 15.9 Å². The average Bonchev–Trinajstić information content (AvgIpc) is 2.94. The maximum atomic E-state index is 5.72. The first-order valence-electron chi connectivity index (χ1n) is 7.06. The Morgan fingerprint density at radius 1 is 1.45 bits per heavy atom. The summed E-state index contributed by atoms with van der Waals surface area (Å²) in [6.07, 6.45) is 2.66. The zero-order chi connectivity index (χ0) is 14.4. The monoisotopic (exact) mass is 343 g/mol. The topological polar surface area (TPSA) is 39.7 Å². The summed E-state index contributed by atoms with van der Waals surface area (Å²) in [5.41, 5.74) is 1.09. The second-order valence-electron chi connectivity index (χ2n) is 4.80. The van der Waals surface area contributed by atoms with Gasteiger partial charge in [-0.2, -0.15) is 0 Å². The molecule has 0 aliphatic carbocycles. The van der Waals surface area contributed by atoms with Gasteiger partial charge in [0.05, 0.1) is 19.8 Å². The summed E-state index contributed by atoms with van der Waals surface area (Å²) >= 11 is 3.51. The van der Waals surface area contributed by atoms with E-state index >= 15 is 0 Å². The van der Waals surface area contributed by atoms with Crippen LogP contribution in [0, 0.1) is 0 Å². The highest BCUT2D eigenvalue weighted by Gasteiger charge is 2.16. The molecule has 1 aromatic carbocycles. The summed E-state index contributed by atoms with van der Waals surface area (Å²) in [4.78, 5) is 0. The number of halogens is 1. The molecule has 1 aliphatic rings. The molecule has 1 atom stereocenters. The van der Waals surface area contributed by atoms with Gasteiger partial charge < -0.3 is 19.5 Å². The van der Waals surface area contributed by atoms with Crippen molar-refractivity contribution in [2.75, 3.05) is 26.9 Å². The van der Waals surface area contributed by atoms with Crippen molar-refractivity contribution in [1.82, 2.24) is 5.32 Å². The zero-order valence-corrected chi connectivity index (χ0v) is 13.7. The van der Waals surface area contributed by atoms with E-state index in [0.29, 0.717) is 12.7 Å². The van der Waals surface area contributed by atoms with Crippen LogP contribution in [0.4, 0.5) is 0 Å². The van der Waals surface area contributed by atoms with E-state index in [-0.39, 0.29) is 0 Å². The maximum absolute atomic E-state index is 5.72. The van der Waals surface area contributed by atoms with Crippen molar-refractivity contribution in [1.29, 1.82) is 0 Å². The SMILES string of the molecule is CCOc1c(CNC[C@H]2CCCO2)cc(Br)cc1OC. The second-order valence-corrected chi connectivity index (χ2v) is 5.71. The van der Waals surface area contributed by atoms with Crippen molar-refractivity contribution in [3.63, 3.8) is 0 Å². The molecule has 1 aliphatic heterocycles. The van der Waals surface area contributed by atoms with Crippen molar-refractivity contribution in [3.05, 3.63) is 22.2 Å². The first-order valence-corrected chi connectivity index (χ1v) is 7.85. The van der Waals surface area contributed by atoms with Crippen LogP contribution in [0.2, 0.25) is 0 Å². The molecular formula is C15H22BrNO3. The number of hydrogen-bond acceptors (Lipinski definition) is 4. The molecular weight excluding hydrogens is 322 g/mol. The molecule has 0 amide bonds. The van der Waals surface area contributed by atoms with Gasteiger partial charge in [0.15, 0.2) is 11.5 Å². The van der Waals surface area contributed by atoms with E-state index in [1.807, 2.05) is 13.0 Å². The molecule has 0 bridgehead atoms. The Kier molecular flexibility index (Phi) is 6.13. The molecule has 0 spiro atoms. The van der Waals surface area contributed by atoms with E-state index in [2.05, 4.69) is 27.3 Å². The van der Waals surface area contributed by atoms with Gasteiger partial charge in [0.1, 0.15) is 0 Å². The predicted octanol–water partition coefficient (Wildman–Crippen LogP) is 3.13. The lowest BCUT2D eigenvalue weighted by Crippen LogP contribution is -2.26. The van der Waals surface area contributed by atoms with E-state index in [9.17, 15) is 0 Å². The van der Waals surface area contributed by atoms with Gasteiger partial charge >= 0.3 is 0 Å². The minimum absolute atomic E-state index is 0.347. The van der Waals surface area contributed by atoms with Crippen LogP contribution < -0.4 is 14.8 Å². The third-order valence-corrected chi connectivity index (χ3v) is 3.77. The molecule has 0 radical (unpaired) electrons. The number of rotatable bonds is 7. The van der Waals surface area contributed by atoms with Crippen LogP contribution in [-0.4, -0.2) is 33.0 Å². The van der Waals surface area contributed by atoms with Gasteiger partial charge in [-0.25, -0.2) is 0 Å². The van der Waals surface area contributed by atoms with Crippen LogP contribution in [0.5, 0.6) is 11.5 Å². The molecule has 1 saturated heterocycles. The molecule has 1 N–H and O–H groups in total.